The number of benzene rings is 1. The van der Waals surface area contributed by atoms with Crippen LogP contribution >= 0.6 is 0 Å². The Kier molecular flexibility index (Phi) is 4.95. The van der Waals surface area contributed by atoms with E-state index in [9.17, 15) is 4.21 Å². The molecule has 0 aromatic heterocycles. The van der Waals surface area contributed by atoms with Crippen LogP contribution in [0.2, 0.25) is 0 Å². The summed E-state index contributed by atoms with van der Waals surface area (Å²) in [5.74, 6) is 2.24. The van der Waals surface area contributed by atoms with Gasteiger partial charge >= 0.3 is 0 Å². The fourth-order valence-corrected chi connectivity index (χ4v) is 4.03. The summed E-state index contributed by atoms with van der Waals surface area (Å²) in [6.45, 7) is 7.46. The van der Waals surface area contributed by atoms with Gasteiger partial charge in [0.1, 0.15) is 0 Å². The van der Waals surface area contributed by atoms with Crippen LogP contribution in [0.5, 0.6) is 0 Å². The predicted octanol–water partition coefficient (Wildman–Crippen LogP) is 2.45. The van der Waals surface area contributed by atoms with E-state index in [1.807, 2.05) is 0 Å². The summed E-state index contributed by atoms with van der Waals surface area (Å²) in [6, 6.07) is 8.68. The molecule has 0 N–H and O–H groups in total. The van der Waals surface area contributed by atoms with Crippen LogP contribution in [0.25, 0.3) is 0 Å². The Morgan fingerprint density at radius 2 is 2.06 bits per heavy atom. The zero-order valence-corrected chi connectivity index (χ0v) is 12.2. The Morgan fingerprint density at radius 3 is 2.78 bits per heavy atom. The summed E-state index contributed by atoms with van der Waals surface area (Å²) >= 11 is 0. The number of aryl methyl sites for hydroxylation is 1. The zero-order valence-electron chi connectivity index (χ0n) is 11.4. The second kappa shape index (κ2) is 6.48. The molecule has 0 spiro atoms. The highest BCUT2D eigenvalue weighted by Gasteiger charge is 2.19. The van der Waals surface area contributed by atoms with Crippen LogP contribution < -0.4 is 0 Å². The third-order valence-electron chi connectivity index (χ3n) is 3.57. The van der Waals surface area contributed by atoms with E-state index >= 15 is 0 Å². The first-order valence-electron chi connectivity index (χ1n) is 6.83. The molecule has 2 nitrogen and oxygen atoms in total. The van der Waals surface area contributed by atoms with Crippen molar-refractivity contribution in [2.45, 2.75) is 26.8 Å². The maximum Gasteiger partial charge on any atom is 0.0362 e. The molecule has 3 heteroatoms. The summed E-state index contributed by atoms with van der Waals surface area (Å²) in [6.07, 6.45) is 1.09. The highest BCUT2D eigenvalue weighted by molar-refractivity contribution is 7.85. The van der Waals surface area contributed by atoms with Gasteiger partial charge < -0.3 is 0 Å². The molecule has 1 heterocycles. The summed E-state index contributed by atoms with van der Waals surface area (Å²) in [4.78, 5) is 2.46. The Labute approximate surface area is 113 Å². The van der Waals surface area contributed by atoms with Crippen molar-refractivity contribution in [3.63, 3.8) is 0 Å². The second-order valence-corrected chi connectivity index (χ2v) is 6.89. The van der Waals surface area contributed by atoms with Gasteiger partial charge in [-0.25, -0.2) is 0 Å². The van der Waals surface area contributed by atoms with Gasteiger partial charge in [-0.1, -0.05) is 38.1 Å². The van der Waals surface area contributed by atoms with Crippen molar-refractivity contribution < 1.29 is 4.21 Å². The molecular weight excluding hydrogens is 242 g/mol. The highest BCUT2D eigenvalue weighted by Crippen LogP contribution is 2.15. The lowest BCUT2D eigenvalue weighted by Gasteiger charge is -2.23. The lowest BCUT2D eigenvalue weighted by Crippen LogP contribution is -2.29. The minimum absolute atomic E-state index is 0.544. The van der Waals surface area contributed by atoms with E-state index in [4.69, 9.17) is 0 Å². The SMILES string of the molecule is CCc1ccccc1CN1CC[S@@](=O)C[C@@H](C)C1. The number of hydrogen-bond acceptors (Lipinski definition) is 2. The monoisotopic (exact) mass is 265 g/mol. The molecule has 0 amide bonds. The fourth-order valence-electron chi connectivity index (χ4n) is 2.66. The molecule has 1 aromatic rings. The van der Waals surface area contributed by atoms with Gasteiger partial charge in [0.25, 0.3) is 0 Å². The molecule has 0 radical (unpaired) electrons. The van der Waals surface area contributed by atoms with Crippen molar-refractivity contribution in [2.24, 2.45) is 5.92 Å². The van der Waals surface area contributed by atoms with Gasteiger partial charge in [0, 0.05) is 41.9 Å². The Hall–Kier alpha value is -0.670. The van der Waals surface area contributed by atoms with Gasteiger partial charge in [-0.05, 0) is 23.5 Å². The average Bonchev–Trinajstić information content (AvgIpc) is 2.51. The van der Waals surface area contributed by atoms with Gasteiger partial charge in [-0.3, -0.25) is 9.11 Å². The lowest BCUT2D eigenvalue weighted by atomic mass is 10.0. The smallest absolute Gasteiger partial charge is 0.0362 e. The molecule has 1 aliphatic rings. The summed E-state index contributed by atoms with van der Waals surface area (Å²) in [5, 5.41) is 0. The zero-order chi connectivity index (χ0) is 13.0. The highest BCUT2D eigenvalue weighted by atomic mass is 32.2. The maximum absolute atomic E-state index is 11.7. The van der Waals surface area contributed by atoms with Crippen molar-refractivity contribution in [1.29, 1.82) is 0 Å². The predicted molar refractivity (Wildman–Crippen MR) is 78.1 cm³/mol. The van der Waals surface area contributed by atoms with E-state index in [1.165, 1.54) is 11.1 Å². The summed E-state index contributed by atoms with van der Waals surface area (Å²) in [5.41, 5.74) is 2.87. The van der Waals surface area contributed by atoms with E-state index < -0.39 is 10.8 Å². The second-order valence-electron chi connectivity index (χ2n) is 5.27. The molecule has 2 atom stereocenters. The molecule has 1 saturated heterocycles. The lowest BCUT2D eigenvalue weighted by molar-refractivity contribution is 0.256. The van der Waals surface area contributed by atoms with Crippen molar-refractivity contribution >= 4 is 10.8 Å². The molecule has 0 aliphatic carbocycles. The molecule has 18 heavy (non-hydrogen) atoms. The minimum Gasteiger partial charge on any atom is -0.298 e. The standard InChI is InChI=1S/C15H23NOS/c1-3-14-6-4-5-7-15(14)11-16-8-9-18(17)12-13(2)10-16/h4-7,13H,3,8-12H2,1-2H3/t13-,18+/m0/s1. The summed E-state index contributed by atoms with van der Waals surface area (Å²) < 4.78 is 11.7. The fraction of sp³-hybridized carbons (Fsp3) is 0.600. The van der Waals surface area contributed by atoms with Crippen LogP contribution in [-0.2, 0) is 23.8 Å². The molecule has 1 fully saturated rings. The van der Waals surface area contributed by atoms with Crippen LogP contribution in [0.4, 0.5) is 0 Å². The minimum atomic E-state index is -0.615. The van der Waals surface area contributed by atoms with Crippen LogP contribution in [0.3, 0.4) is 0 Å². The first-order valence-corrected chi connectivity index (χ1v) is 8.32. The van der Waals surface area contributed by atoms with Crippen molar-refractivity contribution in [3.8, 4) is 0 Å². The molecular formula is C15H23NOS. The molecule has 2 rings (SSSR count). The molecule has 0 saturated carbocycles. The normalized spacial score (nSPS) is 25.9. The number of hydrogen-bond donors (Lipinski definition) is 0. The van der Waals surface area contributed by atoms with E-state index in [2.05, 4.69) is 43.0 Å². The van der Waals surface area contributed by atoms with Gasteiger partial charge in [-0.2, -0.15) is 0 Å². The van der Waals surface area contributed by atoms with Gasteiger partial charge in [0.15, 0.2) is 0 Å². The van der Waals surface area contributed by atoms with Gasteiger partial charge in [0.2, 0.25) is 0 Å². The van der Waals surface area contributed by atoms with Crippen LogP contribution in [-0.4, -0.2) is 33.7 Å². The Bertz CT molecular complexity index is 419. The van der Waals surface area contributed by atoms with Crippen molar-refractivity contribution in [2.75, 3.05) is 24.6 Å². The molecule has 0 unspecified atom stereocenters. The summed E-state index contributed by atoms with van der Waals surface area (Å²) in [7, 11) is -0.615. The first kappa shape index (κ1) is 13.8. The van der Waals surface area contributed by atoms with E-state index in [-0.39, 0.29) is 0 Å². The van der Waals surface area contributed by atoms with Crippen LogP contribution in [0.15, 0.2) is 24.3 Å². The number of nitrogens with zero attached hydrogens (tertiary/aromatic N) is 1. The third-order valence-corrected chi connectivity index (χ3v) is 5.15. The van der Waals surface area contributed by atoms with E-state index in [0.717, 1.165) is 37.6 Å². The van der Waals surface area contributed by atoms with Gasteiger partial charge in [-0.15, -0.1) is 0 Å². The van der Waals surface area contributed by atoms with Crippen LogP contribution in [0.1, 0.15) is 25.0 Å². The topological polar surface area (TPSA) is 20.3 Å². The van der Waals surface area contributed by atoms with Crippen LogP contribution in [0, 0.1) is 5.92 Å². The third kappa shape index (κ3) is 3.66. The van der Waals surface area contributed by atoms with E-state index in [1.54, 1.807) is 0 Å². The van der Waals surface area contributed by atoms with Gasteiger partial charge in [0.05, 0.1) is 0 Å². The van der Waals surface area contributed by atoms with Crippen molar-refractivity contribution in [1.82, 2.24) is 4.90 Å². The number of rotatable bonds is 3. The maximum atomic E-state index is 11.7. The quantitative estimate of drug-likeness (QED) is 0.837. The molecule has 100 valence electrons. The average molecular weight is 265 g/mol. The molecule has 0 bridgehead atoms. The van der Waals surface area contributed by atoms with E-state index in [0.29, 0.717) is 5.92 Å². The largest absolute Gasteiger partial charge is 0.298 e. The molecule has 1 aliphatic heterocycles. The first-order chi connectivity index (χ1) is 8.69. The Balaban J connectivity index is 2.06. The molecule has 1 aromatic carbocycles. The van der Waals surface area contributed by atoms with Crippen molar-refractivity contribution in [3.05, 3.63) is 35.4 Å². The Morgan fingerprint density at radius 1 is 1.33 bits per heavy atom.